The fourth-order valence-corrected chi connectivity index (χ4v) is 5.56. The van der Waals surface area contributed by atoms with Crippen molar-refractivity contribution in [2.75, 3.05) is 31.1 Å². The fourth-order valence-electron chi connectivity index (χ4n) is 5.17. The molecule has 0 bridgehead atoms. The molecule has 0 N–H and O–H groups in total. The van der Waals surface area contributed by atoms with Gasteiger partial charge in [-0.05, 0) is 35.4 Å². The summed E-state index contributed by atoms with van der Waals surface area (Å²) >= 11 is 12.9. The van der Waals surface area contributed by atoms with Crippen LogP contribution in [-0.4, -0.2) is 41.0 Å². The molecule has 1 aliphatic rings. The van der Waals surface area contributed by atoms with Gasteiger partial charge in [0, 0.05) is 37.1 Å². The summed E-state index contributed by atoms with van der Waals surface area (Å²) in [6.07, 6.45) is 0. The third-order valence-corrected chi connectivity index (χ3v) is 7.80. The lowest BCUT2D eigenvalue weighted by Gasteiger charge is -2.40. The van der Waals surface area contributed by atoms with Crippen LogP contribution in [0.2, 0.25) is 10.0 Å². The molecule has 0 unspecified atom stereocenters. The largest absolute Gasteiger partial charge is 0.353 e. The highest BCUT2D eigenvalue weighted by Crippen LogP contribution is 2.35. The SMILES string of the molecule is Clc1cccc(-c2nc(N3CCN(C(c4ccccc4)c4ccccc4)CC3)c3ccccc3n2)c1Cl. The molecule has 1 aliphatic heterocycles. The van der Waals surface area contributed by atoms with Crippen molar-refractivity contribution in [3.05, 3.63) is 124 Å². The van der Waals surface area contributed by atoms with Gasteiger partial charge in [-0.3, -0.25) is 4.90 Å². The lowest BCUT2D eigenvalue weighted by molar-refractivity contribution is 0.212. The number of benzene rings is 4. The Bertz CT molecular complexity index is 1480. The van der Waals surface area contributed by atoms with Gasteiger partial charge in [-0.25, -0.2) is 9.97 Å². The van der Waals surface area contributed by atoms with Crippen molar-refractivity contribution in [2.24, 2.45) is 0 Å². The molecular weight excluding hydrogens is 499 g/mol. The molecule has 2 heterocycles. The van der Waals surface area contributed by atoms with E-state index < -0.39 is 0 Å². The zero-order valence-electron chi connectivity index (χ0n) is 20.3. The minimum Gasteiger partial charge on any atom is -0.353 e. The van der Waals surface area contributed by atoms with Crippen LogP contribution in [0.1, 0.15) is 17.2 Å². The van der Waals surface area contributed by atoms with E-state index in [0.29, 0.717) is 15.9 Å². The van der Waals surface area contributed by atoms with Crippen molar-refractivity contribution in [3.63, 3.8) is 0 Å². The van der Waals surface area contributed by atoms with Gasteiger partial charge in [0.05, 0.1) is 21.6 Å². The summed E-state index contributed by atoms with van der Waals surface area (Å²) in [5.74, 6) is 1.53. The third-order valence-electron chi connectivity index (χ3n) is 6.99. The first-order chi connectivity index (χ1) is 18.2. The average molecular weight is 525 g/mol. The Morgan fingerprint density at radius 2 is 1.24 bits per heavy atom. The summed E-state index contributed by atoms with van der Waals surface area (Å²) in [6, 6.07) is 35.5. The molecule has 0 amide bonds. The molecule has 184 valence electrons. The predicted molar refractivity (Wildman–Crippen MR) is 154 cm³/mol. The maximum atomic E-state index is 6.56. The number of fused-ring (bicyclic) bond motifs is 1. The zero-order valence-corrected chi connectivity index (χ0v) is 21.8. The van der Waals surface area contributed by atoms with Crippen LogP contribution >= 0.6 is 23.2 Å². The van der Waals surface area contributed by atoms with Gasteiger partial charge >= 0.3 is 0 Å². The van der Waals surface area contributed by atoms with E-state index >= 15 is 0 Å². The summed E-state index contributed by atoms with van der Waals surface area (Å²) in [4.78, 5) is 14.8. The van der Waals surface area contributed by atoms with Crippen molar-refractivity contribution < 1.29 is 0 Å². The van der Waals surface area contributed by atoms with Gasteiger partial charge in [0.1, 0.15) is 5.82 Å². The first-order valence-electron chi connectivity index (χ1n) is 12.5. The highest BCUT2D eigenvalue weighted by atomic mass is 35.5. The molecule has 5 aromatic rings. The maximum Gasteiger partial charge on any atom is 0.163 e. The van der Waals surface area contributed by atoms with Crippen molar-refractivity contribution in [3.8, 4) is 11.4 Å². The molecule has 6 rings (SSSR count). The first kappa shape index (κ1) is 23.9. The molecule has 6 heteroatoms. The van der Waals surface area contributed by atoms with Gasteiger partial charge in [0.2, 0.25) is 0 Å². The topological polar surface area (TPSA) is 32.3 Å². The van der Waals surface area contributed by atoms with E-state index in [9.17, 15) is 0 Å². The Morgan fingerprint density at radius 1 is 0.622 bits per heavy atom. The molecule has 4 aromatic carbocycles. The fraction of sp³-hybridized carbons (Fsp3) is 0.161. The van der Waals surface area contributed by atoms with Crippen LogP contribution < -0.4 is 4.90 Å². The van der Waals surface area contributed by atoms with Crippen LogP contribution in [0.25, 0.3) is 22.3 Å². The number of hydrogen-bond acceptors (Lipinski definition) is 4. The number of nitrogens with zero attached hydrogens (tertiary/aromatic N) is 4. The zero-order chi connectivity index (χ0) is 25.2. The predicted octanol–water partition coefficient (Wildman–Crippen LogP) is 7.52. The normalized spacial score (nSPS) is 14.4. The minimum absolute atomic E-state index is 0.215. The lowest BCUT2D eigenvalue weighted by Crippen LogP contribution is -2.48. The van der Waals surface area contributed by atoms with E-state index in [-0.39, 0.29) is 6.04 Å². The Balaban J connectivity index is 1.33. The van der Waals surface area contributed by atoms with Crippen LogP contribution in [0.3, 0.4) is 0 Å². The Kier molecular flexibility index (Phi) is 6.79. The molecule has 0 saturated carbocycles. The second kappa shape index (κ2) is 10.5. The molecule has 4 nitrogen and oxygen atoms in total. The van der Waals surface area contributed by atoms with Crippen molar-refractivity contribution >= 4 is 39.9 Å². The molecule has 0 aliphatic carbocycles. The Morgan fingerprint density at radius 3 is 1.92 bits per heavy atom. The quantitative estimate of drug-likeness (QED) is 0.238. The van der Waals surface area contributed by atoms with E-state index in [1.807, 2.05) is 30.3 Å². The Labute approximate surface area is 227 Å². The lowest BCUT2D eigenvalue weighted by atomic mass is 9.96. The third kappa shape index (κ3) is 4.80. The van der Waals surface area contributed by atoms with E-state index in [0.717, 1.165) is 48.5 Å². The molecule has 1 saturated heterocycles. The second-order valence-electron chi connectivity index (χ2n) is 9.24. The van der Waals surface area contributed by atoms with Crippen LogP contribution in [0.4, 0.5) is 5.82 Å². The standard InChI is InChI=1S/C31H26Cl2N4/c32-26-16-9-15-25(28(26)33)30-34-27-17-8-7-14-24(27)31(35-30)37-20-18-36(19-21-37)29(22-10-3-1-4-11-22)23-12-5-2-6-13-23/h1-17,29H,18-21H2. The summed E-state index contributed by atoms with van der Waals surface area (Å²) in [5, 5.41) is 2.02. The van der Waals surface area contributed by atoms with E-state index in [2.05, 4.69) is 76.5 Å². The summed E-state index contributed by atoms with van der Waals surface area (Å²) in [5.41, 5.74) is 4.26. The van der Waals surface area contributed by atoms with Crippen molar-refractivity contribution in [1.82, 2.24) is 14.9 Å². The molecule has 37 heavy (non-hydrogen) atoms. The molecular formula is C31H26Cl2N4. The highest BCUT2D eigenvalue weighted by Gasteiger charge is 2.28. The number of para-hydroxylation sites is 1. The number of rotatable bonds is 5. The highest BCUT2D eigenvalue weighted by molar-refractivity contribution is 6.43. The summed E-state index contributed by atoms with van der Waals surface area (Å²) in [6.45, 7) is 3.56. The number of hydrogen-bond donors (Lipinski definition) is 0. The number of halogens is 2. The van der Waals surface area contributed by atoms with Crippen LogP contribution in [0.15, 0.2) is 103 Å². The number of aromatic nitrogens is 2. The van der Waals surface area contributed by atoms with E-state index in [1.54, 1.807) is 6.07 Å². The van der Waals surface area contributed by atoms with Crippen LogP contribution in [0, 0.1) is 0 Å². The monoisotopic (exact) mass is 524 g/mol. The molecule has 0 atom stereocenters. The van der Waals surface area contributed by atoms with Gasteiger partial charge in [-0.2, -0.15) is 0 Å². The van der Waals surface area contributed by atoms with Crippen molar-refractivity contribution in [2.45, 2.75) is 6.04 Å². The average Bonchev–Trinajstić information content (AvgIpc) is 2.96. The smallest absolute Gasteiger partial charge is 0.163 e. The van der Waals surface area contributed by atoms with Gasteiger partial charge in [0.15, 0.2) is 5.82 Å². The number of piperazine rings is 1. The van der Waals surface area contributed by atoms with Gasteiger partial charge in [-0.1, -0.05) is 102 Å². The second-order valence-corrected chi connectivity index (χ2v) is 10.0. The molecule has 1 aromatic heterocycles. The maximum absolute atomic E-state index is 6.56. The van der Waals surface area contributed by atoms with Gasteiger partial charge in [-0.15, -0.1) is 0 Å². The van der Waals surface area contributed by atoms with Crippen LogP contribution in [-0.2, 0) is 0 Å². The first-order valence-corrected chi connectivity index (χ1v) is 13.2. The van der Waals surface area contributed by atoms with Gasteiger partial charge < -0.3 is 4.90 Å². The van der Waals surface area contributed by atoms with Crippen molar-refractivity contribution in [1.29, 1.82) is 0 Å². The molecule has 1 fully saturated rings. The molecule has 0 spiro atoms. The number of anilines is 1. The van der Waals surface area contributed by atoms with E-state index in [4.69, 9.17) is 33.2 Å². The minimum atomic E-state index is 0.215. The molecule has 0 radical (unpaired) electrons. The summed E-state index contributed by atoms with van der Waals surface area (Å²) in [7, 11) is 0. The van der Waals surface area contributed by atoms with E-state index in [1.165, 1.54) is 11.1 Å². The summed E-state index contributed by atoms with van der Waals surface area (Å²) < 4.78 is 0. The van der Waals surface area contributed by atoms with Gasteiger partial charge in [0.25, 0.3) is 0 Å². The Hall–Kier alpha value is -3.44. The van der Waals surface area contributed by atoms with Crippen LogP contribution in [0.5, 0.6) is 0 Å².